The summed E-state index contributed by atoms with van der Waals surface area (Å²) in [5.41, 5.74) is 5.60. The molecule has 13 heavy (non-hydrogen) atoms. The standard InChI is InChI=1S/C9H10FNO2/c1-6(12)13-8-4-2-3-7(5-11)9(8)10/h2-4H,5,11H2,1H3. The number of benzene rings is 1. The highest BCUT2D eigenvalue weighted by Crippen LogP contribution is 2.19. The summed E-state index contributed by atoms with van der Waals surface area (Å²) in [5, 5.41) is 0. The molecule has 0 radical (unpaired) electrons. The number of ether oxygens (including phenoxy) is 1. The molecule has 0 unspecified atom stereocenters. The molecule has 0 aliphatic heterocycles. The van der Waals surface area contributed by atoms with E-state index in [0.29, 0.717) is 5.56 Å². The molecule has 1 aromatic carbocycles. The van der Waals surface area contributed by atoms with Crippen LogP contribution in [0, 0.1) is 5.82 Å². The van der Waals surface area contributed by atoms with Crippen LogP contribution < -0.4 is 10.5 Å². The second-order valence-electron chi connectivity index (χ2n) is 2.53. The Hall–Kier alpha value is -1.42. The van der Waals surface area contributed by atoms with Crippen LogP contribution in [0.3, 0.4) is 0 Å². The lowest BCUT2D eigenvalue weighted by atomic mass is 10.2. The van der Waals surface area contributed by atoms with Crippen molar-refractivity contribution in [3.05, 3.63) is 29.6 Å². The highest BCUT2D eigenvalue weighted by Gasteiger charge is 2.08. The zero-order valence-corrected chi connectivity index (χ0v) is 7.21. The minimum absolute atomic E-state index is 0.0737. The Labute approximate surface area is 75.3 Å². The maximum absolute atomic E-state index is 13.3. The van der Waals surface area contributed by atoms with Crippen molar-refractivity contribution in [1.29, 1.82) is 0 Å². The van der Waals surface area contributed by atoms with Gasteiger partial charge in [-0.2, -0.15) is 0 Å². The van der Waals surface area contributed by atoms with Gasteiger partial charge in [-0.1, -0.05) is 12.1 Å². The summed E-state index contributed by atoms with van der Waals surface area (Å²) >= 11 is 0. The van der Waals surface area contributed by atoms with Crippen LogP contribution in [0.2, 0.25) is 0 Å². The van der Waals surface area contributed by atoms with Crippen molar-refractivity contribution in [3.63, 3.8) is 0 Å². The van der Waals surface area contributed by atoms with Crippen molar-refractivity contribution >= 4 is 5.97 Å². The van der Waals surface area contributed by atoms with Crippen LogP contribution in [0.5, 0.6) is 5.75 Å². The number of carbonyl (C=O) groups is 1. The molecule has 70 valence electrons. The molecule has 0 aliphatic carbocycles. The molecule has 1 rings (SSSR count). The van der Waals surface area contributed by atoms with Crippen molar-refractivity contribution in [1.82, 2.24) is 0 Å². The van der Waals surface area contributed by atoms with Crippen molar-refractivity contribution in [2.75, 3.05) is 0 Å². The molecule has 0 aromatic heterocycles. The van der Waals surface area contributed by atoms with Gasteiger partial charge in [0.05, 0.1) is 0 Å². The molecule has 0 atom stereocenters. The van der Waals surface area contributed by atoms with E-state index in [1.807, 2.05) is 0 Å². The van der Waals surface area contributed by atoms with Gasteiger partial charge in [0.25, 0.3) is 0 Å². The quantitative estimate of drug-likeness (QED) is 0.553. The van der Waals surface area contributed by atoms with Crippen molar-refractivity contribution in [2.45, 2.75) is 13.5 Å². The molecule has 0 aliphatic rings. The lowest BCUT2D eigenvalue weighted by molar-refractivity contribution is -0.132. The summed E-state index contributed by atoms with van der Waals surface area (Å²) in [4.78, 5) is 10.5. The second kappa shape index (κ2) is 4.00. The second-order valence-corrected chi connectivity index (χ2v) is 2.53. The zero-order valence-electron chi connectivity index (χ0n) is 7.21. The van der Waals surface area contributed by atoms with Gasteiger partial charge >= 0.3 is 5.97 Å². The van der Waals surface area contributed by atoms with Crippen LogP contribution in [0.4, 0.5) is 4.39 Å². The van der Waals surface area contributed by atoms with E-state index in [1.54, 1.807) is 12.1 Å². The predicted molar refractivity (Wildman–Crippen MR) is 45.6 cm³/mol. The van der Waals surface area contributed by atoms with E-state index in [4.69, 9.17) is 5.73 Å². The normalized spacial score (nSPS) is 9.77. The fourth-order valence-electron chi connectivity index (χ4n) is 0.948. The lowest BCUT2D eigenvalue weighted by Gasteiger charge is -2.05. The van der Waals surface area contributed by atoms with E-state index >= 15 is 0 Å². The molecule has 0 heterocycles. The number of hydrogen-bond donors (Lipinski definition) is 1. The van der Waals surface area contributed by atoms with Gasteiger partial charge in [-0.25, -0.2) is 4.39 Å². The number of halogens is 1. The smallest absolute Gasteiger partial charge is 0.308 e. The SMILES string of the molecule is CC(=O)Oc1cccc(CN)c1F. The summed E-state index contributed by atoms with van der Waals surface area (Å²) in [6, 6.07) is 4.52. The molecule has 0 saturated carbocycles. The van der Waals surface area contributed by atoms with E-state index in [-0.39, 0.29) is 12.3 Å². The van der Waals surface area contributed by atoms with E-state index in [9.17, 15) is 9.18 Å². The van der Waals surface area contributed by atoms with Gasteiger partial charge in [0, 0.05) is 19.0 Å². The first-order valence-corrected chi connectivity index (χ1v) is 3.81. The van der Waals surface area contributed by atoms with Crippen LogP contribution in [-0.4, -0.2) is 5.97 Å². The highest BCUT2D eigenvalue weighted by molar-refractivity contribution is 5.69. The Morgan fingerprint density at radius 2 is 2.31 bits per heavy atom. The largest absolute Gasteiger partial charge is 0.424 e. The highest BCUT2D eigenvalue weighted by atomic mass is 19.1. The Bertz CT molecular complexity index is 325. The summed E-state index contributed by atoms with van der Waals surface area (Å²) in [6.07, 6.45) is 0. The van der Waals surface area contributed by atoms with Crippen LogP contribution in [0.1, 0.15) is 12.5 Å². The van der Waals surface area contributed by atoms with Crippen molar-refractivity contribution in [2.24, 2.45) is 5.73 Å². The van der Waals surface area contributed by atoms with Gasteiger partial charge < -0.3 is 10.5 Å². The van der Waals surface area contributed by atoms with E-state index in [1.165, 1.54) is 13.0 Å². The minimum Gasteiger partial charge on any atom is -0.424 e. The molecule has 0 saturated heterocycles. The third-order valence-corrected chi connectivity index (χ3v) is 1.52. The maximum atomic E-state index is 13.3. The fraction of sp³-hybridized carbons (Fsp3) is 0.222. The van der Waals surface area contributed by atoms with Gasteiger partial charge in [0.1, 0.15) is 0 Å². The molecular formula is C9H10FNO2. The average molecular weight is 183 g/mol. The molecule has 0 spiro atoms. The first kappa shape index (κ1) is 9.67. The van der Waals surface area contributed by atoms with Crippen molar-refractivity contribution < 1.29 is 13.9 Å². The number of esters is 1. The predicted octanol–water partition coefficient (Wildman–Crippen LogP) is 1.21. The maximum Gasteiger partial charge on any atom is 0.308 e. The molecule has 2 N–H and O–H groups in total. The number of hydrogen-bond acceptors (Lipinski definition) is 3. The lowest BCUT2D eigenvalue weighted by Crippen LogP contribution is -2.06. The fourth-order valence-corrected chi connectivity index (χ4v) is 0.948. The molecule has 3 nitrogen and oxygen atoms in total. The van der Waals surface area contributed by atoms with Crippen LogP contribution in [-0.2, 0) is 11.3 Å². The monoisotopic (exact) mass is 183 g/mol. The first-order chi connectivity index (χ1) is 6.15. The minimum atomic E-state index is -0.569. The van der Waals surface area contributed by atoms with E-state index < -0.39 is 11.8 Å². The average Bonchev–Trinajstić information content (AvgIpc) is 2.08. The number of carbonyl (C=O) groups excluding carboxylic acids is 1. The van der Waals surface area contributed by atoms with Crippen molar-refractivity contribution in [3.8, 4) is 5.75 Å². The summed E-state index contributed by atoms with van der Waals surface area (Å²) in [7, 11) is 0. The Kier molecular flexibility index (Phi) is 2.97. The number of nitrogens with two attached hydrogens (primary N) is 1. The number of rotatable bonds is 2. The zero-order chi connectivity index (χ0) is 9.84. The summed E-state index contributed by atoms with van der Waals surface area (Å²) < 4.78 is 17.9. The van der Waals surface area contributed by atoms with Gasteiger partial charge in [-0.05, 0) is 6.07 Å². The molecule has 1 aromatic rings. The van der Waals surface area contributed by atoms with Gasteiger partial charge in [0.2, 0.25) is 0 Å². The molecule has 4 heteroatoms. The Balaban J connectivity index is 3.01. The Morgan fingerprint density at radius 1 is 1.62 bits per heavy atom. The Morgan fingerprint density at radius 3 is 2.85 bits per heavy atom. The van der Waals surface area contributed by atoms with Crippen LogP contribution >= 0.6 is 0 Å². The van der Waals surface area contributed by atoms with Gasteiger partial charge in [0.15, 0.2) is 11.6 Å². The molecule has 0 amide bonds. The third-order valence-electron chi connectivity index (χ3n) is 1.52. The van der Waals surface area contributed by atoms with Gasteiger partial charge in [-0.15, -0.1) is 0 Å². The molecule has 0 fully saturated rings. The third kappa shape index (κ3) is 2.26. The van der Waals surface area contributed by atoms with E-state index in [2.05, 4.69) is 4.74 Å². The van der Waals surface area contributed by atoms with Crippen LogP contribution in [0.15, 0.2) is 18.2 Å². The molecular weight excluding hydrogens is 173 g/mol. The first-order valence-electron chi connectivity index (χ1n) is 3.81. The van der Waals surface area contributed by atoms with Gasteiger partial charge in [-0.3, -0.25) is 4.79 Å². The van der Waals surface area contributed by atoms with Crippen LogP contribution in [0.25, 0.3) is 0 Å². The summed E-state index contributed by atoms with van der Waals surface area (Å²) in [6.45, 7) is 1.30. The van der Waals surface area contributed by atoms with E-state index in [0.717, 1.165) is 0 Å². The summed E-state index contributed by atoms with van der Waals surface area (Å²) in [5.74, 6) is -1.19. The topological polar surface area (TPSA) is 52.3 Å². The molecule has 0 bridgehead atoms.